The first-order chi connectivity index (χ1) is 25.6. The summed E-state index contributed by atoms with van der Waals surface area (Å²) in [6, 6.07) is 6.49. The van der Waals surface area contributed by atoms with E-state index in [1.54, 1.807) is 6.20 Å². The van der Waals surface area contributed by atoms with Crippen LogP contribution in [0.15, 0.2) is 37.1 Å². The Morgan fingerprint density at radius 3 is 2.49 bits per heavy atom. The molecule has 1 N–H and O–H groups in total. The maximum atomic E-state index is 14.1. The number of likely N-dealkylation sites (tertiary alicyclic amines) is 2. The number of aromatic amines is 1. The molecule has 6 heterocycles. The molecule has 0 bridgehead atoms. The zero-order valence-electron chi connectivity index (χ0n) is 30.4. The van der Waals surface area contributed by atoms with Gasteiger partial charge >= 0.3 is 6.18 Å². The van der Waals surface area contributed by atoms with Gasteiger partial charge in [-0.05, 0) is 106 Å². The van der Waals surface area contributed by atoms with Crippen molar-refractivity contribution >= 4 is 39.5 Å². The van der Waals surface area contributed by atoms with Crippen molar-refractivity contribution < 1.29 is 22.7 Å². The first-order valence-electron chi connectivity index (χ1n) is 19.3. The van der Waals surface area contributed by atoms with Crippen LogP contribution in [0.3, 0.4) is 0 Å². The van der Waals surface area contributed by atoms with Gasteiger partial charge in [0.25, 0.3) is 0 Å². The molecule has 280 valence electrons. The molecule has 1 aliphatic carbocycles. The van der Waals surface area contributed by atoms with Crippen LogP contribution >= 0.6 is 0 Å². The van der Waals surface area contributed by atoms with Crippen molar-refractivity contribution in [1.29, 1.82) is 0 Å². The lowest BCUT2D eigenvalue weighted by Crippen LogP contribution is -2.61. The normalized spacial score (nSPS) is 22.2. The smallest absolute Gasteiger partial charge is 0.422 e. The maximum Gasteiger partial charge on any atom is 0.422 e. The zero-order chi connectivity index (χ0) is 36.5. The fourth-order valence-electron chi connectivity index (χ4n) is 9.40. The minimum absolute atomic E-state index is 0.0332. The van der Waals surface area contributed by atoms with E-state index in [0.29, 0.717) is 23.1 Å². The summed E-state index contributed by atoms with van der Waals surface area (Å²) in [6.07, 6.45) is 6.93. The highest BCUT2D eigenvalue weighted by Gasteiger charge is 2.47. The Morgan fingerprint density at radius 2 is 1.77 bits per heavy atom. The second kappa shape index (κ2) is 13.2. The number of hydrogen-bond acceptors (Lipinski definition) is 8. The second-order valence-corrected chi connectivity index (χ2v) is 16.1. The van der Waals surface area contributed by atoms with Crippen LogP contribution in [0.5, 0.6) is 5.75 Å². The number of aryl methyl sites for hydroxylation is 1. The molecule has 10 nitrogen and oxygen atoms in total. The van der Waals surface area contributed by atoms with Crippen molar-refractivity contribution in [3.63, 3.8) is 0 Å². The van der Waals surface area contributed by atoms with E-state index in [2.05, 4.69) is 37.5 Å². The molecular formula is C40H47F3N8O2. The zero-order valence-corrected chi connectivity index (χ0v) is 30.4. The number of benzene rings is 2. The van der Waals surface area contributed by atoms with Crippen molar-refractivity contribution in [2.24, 2.45) is 5.41 Å². The Labute approximate surface area is 307 Å². The summed E-state index contributed by atoms with van der Waals surface area (Å²) in [5.74, 6) is 1.62. The lowest BCUT2D eigenvalue weighted by Gasteiger charge is -2.54. The average molecular weight is 729 g/mol. The molecule has 13 heteroatoms. The molecule has 1 saturated carbocycles. The molecule has 5 fully saturated rings. The number of nitrogens with one attached hydrogen (secondary N) is 1. The molecule has 2 aromatic heterocycles. The van der Waals surface area contributed by atoms with Gasteiger partial charge < -0.3 is 19.4 Å². The van der Waals surface area contributed by atoms with Crippen molar-refractivity contribution in [2.45, 2.75) is 76.4 Å². The van der Waals surface area contributed by atoms with Gasteiger partial charge in [-0.1, -0.05) is 19.1 Å². The number of H-pyrrole nitrogens is 1. The molecular weight excluding hydrogens is 681 g/mol. The van der Waals surface area contributed by atoms with E-state index in [4.69, 9.17) is 14.7 Å². The lowest BCUT2D eigenvalue weighted by molar-refractivity contribution is -0.153. The Hall–Kier alpha value is -4.39. The van der Waals surface area contributed by atoms with E-state index < -0.39 is 12.8 Å². The molecule has 1 amide bonds. The molecule has 1 atom stereocenters. The first kappa shape index (κ1) is 34.4. The fraction of sp³-hybridized carbons (Fsp3) is 0.550. The number of hydrogen-bond donors (Lipinski definition) is 1. The minimum atomic E-state index is -4.55. The Morgan fingerprint density at radius 1 is 1.00 bits per heavy atom. The van der Waals surface area contributed by atoms with Gasteiger partial charge in [0, 0.05) is 67.1 Å². The number of piperidine rings is 2. The summed E-state index contributed by atoms with van der Waals surface area (Å²) in [4.78, 5) is 31.7. The van der Waals surface area contributed by atoms with E-state index in [-0.39, 0.29) is 23.0 Å². The third-order valence-corrected chi connectivity index (χ3v) is 12.4. The van der Waals surface area contributed by atoms with E-state index in [0.717, 1.165) is 123 Å². The van der Waals surface area contributed by atoms with Gasteiger partial charge in [-0.15, -0.1) is 0 Å². The number of nitrogens with zero attached hydrogens (tertiary/aromatic N) is 7. The molecule has 53 heavy (non-hydrogen) atoms. The van der Waals surface area contributed by atoms with Crippen LogP contribution < -0.4 is 14.5 Å². The molecule has 4 saturated heterocycles. The number of rotatable bonds is 8. The van der Waals surface area contributed by atoms with Crippen LogP contribution in [0.25, 0.3) is 32.9 Å². The highest BCUT2D eigenvalue weighted by atomic mass is 19.4. The first-order valence-corrected chi connectivity index (χ1v) is 19.3. The van der Waals surface area contributed by atoms with Crippen molar-refractivity contribution in [2.75, 3.05) is 68.8 Å². The molecule has 0 radical (unpaired) electrons. The Kier molecular flexibility index (Phi) is 8.55. The highest BCUT2D eigenvalue weighted by Crippen LogP contribution is 2.53. The average Bonchev–Trinajstić information content (AvgIpc) is 3.67. The van der Waals surface area contributed by atoms with E-state index in [1.165, 1.54) is 25.3 Å². The van der Waals surface area contributed by atoms with Gasteiger partial charge in [0.2, 0.25) is 11.9 Å². The van der Waals surface area contributed by atoms with Crippen molar-refractivity contribution in [3.8, 4) is 16.9 Å². The number of amides is 1. The SMILES string of the molecule is C=CC(=O)N1CC2(CCN(c3nc(N4CC[C@@H](N5CCCCC5)C4)nc4c(OCC(F)(F)F)c(-c5c(C)ccc6[nH]ncc56)c(C5CC5)cc34)CC2)C1. The molecule has 5 aliphatic rings. The van der Waals surface area contributed by atoms with Gasteiger partial charge in [-0.25, -0.2) is 4.98 Å². The van der Waals surface area contributed by atoms with Gasteiger partial charge in [0.15, 0.2) is 12.4 Å². The highest BCUT2D eigenvalue weighted by molar-refractivity contribution is 6.06. The quantitative estimate of drug-likeness (QED) is 0.195. The number of aromatic nitrogens is 4. The number of carbonyl (C=O) groups is 1. The van der Waals surface area contributed by atoms with Crippen LogP contribution in [0.2, 0.25) is 0 Å². The molecule has 1 spiro atoms. The minimum Gasteiger partial charge on any atom is -0.481 e. The van der Waals surface area contributed by atoms with Gasteiger partial charge in [-0.2, -0.15) is 23.3 Å². The molecule has 9 rings (SSSR count). The predicted octanol–water partition coefficient (Wildman–Crippen LogP) is 6.98. The topological polar surface area (TPSA) is 93.7 Å². The van der Waals surface area contributed by atoms with Gasteiger partial charge in [-0.3, -0.25) is 14.8 Å². The van der Waals surface area contributed by atoms with E-state index >= 15 is 0 Å². The molecule has 4 aliphatic heterocycles. The van der Waals surface area contributed by atoms with E-state index in [1.807, 2.05) is 24.0 Å². The number of anilines is 2. The fourth-order valence-corrected chi connectivity index (χ4v) is 9.40. The summed E-state index contributed by atoms with van der Waals surface area (Å²) < 4.78 is 48.4. The van der Waals surface area contributed by atoms with Crippen molar-refractivity contribution in [3.05, 3.63) is 48.2 Å². The lowest BCUT2D eigenvalue weighted by atomic mass is 9.72. The Balaban J connectivity index is 1.19. The van der Waals surface area contributed by atoms with Crippen LogP contribution in [-0.4, -0.2) is 107 Å². The molecule has 0 unspecified atom stereocenters. The summed E-state index contributed by atoms with van der Waals surface area (Å²) in [5, 5.41) is 8.93. The maximum absolute atomic E-state index is 14.1. The third kappa shape index (κ3) is 6.38. The standard InChI is InChI=1S/C40H47F3N8O2/c1-3-32(52)51-22-39(23-51)12-17-49(18-13-39)37-29-19-28(26-8-9-26)34(33-25(2)7-10-31-30(33)20-44-47-31)36(53-24-40(41,42)43)35(29)45-38(46-37)50-16-11-27(21-50)48-14-5-4-6-15-48/h3,7,10,19-20,26-27H,1,4-6,8-9,11-18,21-24H2,2H3,(H,44,47)/t27-/m1/s1. The van der Waals surface area contributed by atoms with Crippen LogP contribution in [0.1, 0.15) is 68.4 Å². The number of carbonyl (C=O) groups excluding carboxylic acids is 1. The van der Waals surface area contributed by atoms with Gasteiger partial charge in [0.1, 0.15) is 11.3 Å². The summed E-state index contributed by atoms with van der Waals surface area (Å²) >= 11 is 0. The van der Waals surface area contributed by atoms with Crippen LogP contribution in [0.4, 0.5) is 24.9 Å². The number of ether oxygens (including phenoxy) is 1. The molecule has 2 aromatic carbocycles. The number of fused-ring (bicyclic) bond motifs is 2. The number of halogens is 3. The largest absolute Gasteiger partial charge is 0.481 e. The van der Waals surface area contributed by atoms with Crippen LogP contribution in [-0.2, 0) is 4.79 Å². The summed E-state index contributed by atoms with van der Waals surface area (Å²) in [6.45, 7) is 10.9. The second-order valence-electron chi connectivity index (χ2n) is 16.1. The number of alkyl halides is 3. The third-order valence-electron chi connectivity index (χ3n) is 12.4. The summed E-state index contributed by atoms with van der Waals surface area (Å²) in [7, 11) is 0. The summed E-state index contributed by atoms with van der Waals surface area (Å²) in [5.41, 5.74) is 4.70. The van der Waals surface area contributed by atoms with Crippen LogP contribution in [0, 0.1) is 12.3 Å². The Bertz CT molecular complexity index is 2050. The van der Waals surface area contributed by atoms with Gasteiger partial charge in [0.05, 0.1) is 11.7 Å². The van der Waals surface area contributed by atoms with Crippen molar-refractivity contribution in [1.82, 2.24) is 30.0 Å². The predicted molar refractivity (Wildman–Crippen MR) is 200 cm³/mol. The monoisotopic (exact) mass is 728 g/mol. The van der Waals surface area contributed by atoms with E-state index in [9.17, 15) is 18.0 Å². The molecule has 4 aromatic rings.